The monoisotopic (exact) mass is 424 g/mol. The zero-order valence-electron chi connectivity index (χ0n) is 16.4. The summed E-state index contributed by atoms with van der Waals surface area (Å²) >= 11 is 7.81. The predicted octanol–water partition coefficient (Wildman–Crippen LogP) is 6.88. The summed E-state index contributed by atoms with van der Waals surface area (Å²) in [4.78, 5) is 18.9. The summed E-state index contributed by atoms with van der Waals surface area (Å²) in [6, 6.07) is 17.7. The maximum atomic E-state index is 13.2. The lowest BCUT2D eigenvalue weighted by Crippen LogP contribution is -2.35. The average Bonchev–Trinajstić information content (AvgIpc) is 2.71. The molecule has 1 N–H and O–H groups in total. The minimum absolute atomic E-state index is 0.00446. The van der Waals surface area contributed by atoms with Crippen molar-refractivity contribution in [1.82, 2.24) is 10.3 Å². The van der Waals surface area contributed by atoms with Crippen molar-refractivity contribution in [3.8, 4) is 0 Å². The number of para-hydroxylation sites is 1. The van der Waals surface area contributed by atoms with Gasteiger partial charge >= 0.3 is 0 Å². The van der Waals surface area contributed by atoms with Crippen molar-refractivity contribution in [2.75, 3.05) is 0 Å². The van der Waals surface area contributed by atoms with Gasteiger partial charge in [-0.15, -0.1) is 0 Å². The normalized spacial score (nSPS) is 15.6. The zero-order chi connectivity index (χ0) is 20.1. The van der Waals surface area contributed by atoms with E-state index in [0.717, 1.165) is 33.7 Å². The number of halogens is 1. The summed E-state index contributed by atoms with van der Waals surface area (Å²) in [6.45, 7) is 0. The van der Waals surface area contributed by atoms with Gasteiger partial charge in [-0.3, -0.25) is 4.79 Å². The number of fused-ring (bicyclic) bond motifs is 1. The van der Waals surface area contributed by atoms with Crippen LogP contribution in [-0.4, -0.2) is 16.9 Å². The minimum atomic E-state index is -0.00446. The molecule has 150 valence electrons. The summed E-state index contributed by atoms with van der Waals surface area (Å²) in [6.07, 6.45) is 8.36. The van der Waals surface area contributed by atoms with Crippen molar-refractivity contribution in [3.05, 3.63) is 65.2 Å². The van der Waals surface area contributed by atoms with Gasteiger partial charge < -0.3 is 5.32 Å². The molecule has 3 nitrogen and oxygen atoms in total. The van der Waals surface area contributed by atoms with Gasteiger partial charge in [-0.25, -0.2) is 4.98 Å². The lowest BCUT2D eigenvalue weighted by Gasteiger charge is -2.21. The van der Waals surface area contributed by atoms with E-state index in [4.69, 9.17) is 16.6 Å². The number of nitrogens with one attached hydrogen (secondary N) is 1. The molecule has 1 heterocycles. The number of hydrogen-bond donors (Lipinski definition) is 1. The zero-order valence-corrected chi connectivity index (χ0v) is 17.9. The Bertz CT molecular complexity index is 999. The van der Waals surface area contributed by atoms with E-state index < -0.39 is 0 Å². The van der Waals surface area contributed by atoms with Crippen LogP contribution in [0.5, 0.6) is 0 Å². The lowest BCUT2D eigenvalue weighted by atomic mass is 9.96. The van der Waals surface area contributed by atoms with Crippen LogP contribution >= 0.6 is 23.4 Å². The molecule has 29 heavy (non-hydrogen) atoms. The van der Waals surface area contributed by atoms with Gasteiger partial charge in [0.05, 0.1) is 16.1 Å². The smallest absolute Gasteiger partial charge is 0.252 e. The second-order valence-corrected chi connectivity index (χ2v) is 9.04. The first-order valence-corrected chi connectivity index (χ1v) is 11.5. The summed E-state index contributed by atoms with van der Waals surface area (Å²) in [5.74, 6) is -0.00446. The molecule has 1 saturated carbocycles. The summed E-state index contributed by atoms with van der Waals surface area (Å²) in [7, 11) is 0. The summed E-state index contributed by atoms with van der Waals surface area (Å²) < 4.78 is 0. The third kappa shape index (κ3) is 5.12. The Balaban J connectivity index is 1.63. The second kappa shape index (κ2) is 9.64. The molecule has 1 aromatic heterocycles. The van der Waals surface area contributed by atoms with Crippen molar-refractivity contribution in [1.29, 1.82) is 0 Å². The van der Waals surface area contributed by atoms with Crippen LogP contribution in [0.15, 0.2) is 64.5 Å². The molecule has 0 unspecified atom stereocenters. The molecule has 3 aromatic rings. The van der Waals surface area contributed by atoms with Crippen molar-refractivity contribution in [2.45, 2.75) is 60.9 Å². The molecule has 4 rings (SSSR count). The molecular formula is C24H25ClN2OS. The van der Waals surface area contributed by atoms with E-state index in [2.05, 4.69) is 5.32 Å². The highest BCUT2D eigenvalue weighted by Crippen LogP contribution is 2.34. The van der Waals surface area contributed by atoms with E-state index in [1.54, 1.807) is 0 Å². The molecule has 0 spiro atoms. The molecule has 0 atom stereocenters. The predicted molar refractivity (Wildman–Crippen MR) is 121 cm³/mol. The van der Waals surface area contributed by atoms with E-state index in [0.29, 0.717) is 10.6 Å². The highest BCUT2D eigenvalue weighted by molar-refractivity contribution is 7.99. The fourth-order valence-electron chi connectivity index (χ4n) is 3.90. The molecule has 0 saturated heterocycles. The van der Waals surface area contributed by atoms with Crippen LogP contribution in [0.4, 0.5) is 0 Å². The Hall–Kier alpha value is -2.04. The van der Waals surface area contributed by atoms with Crippen molar-refractivity contribution in [3.63, 3.8) is 0 Å². The SMILES string of the molecule is O=C(NC1CCCCCCC1)c1cc(Sc2ccccc2Cl)nc2ccccc12. The molecule has 0 aliphatic heterocycles. The highest BCUT2D eigenvalue weighted by atomic mass is 35.5. The van der Waals surface area contributed by atoms with Gasteiger partial charge in [0, 0.05) is 16.3 Å². The van der Waals surface area contributed by atoms with Crippen LogP contribution in [-0.2, 0) is 0 Å². The number of amides is 1. The lowest BCUT2D eigenvalue weighted by molar-refractivity contribution is 0.0932. The quantitative estimate of drug-likeness (QED) is 0.496. The Kier molecular flexibility index (Phi) is 6.73. The fraction of sp³-hybridized carbons (Fsp3) is 0.333. The first-order valence-electron chi connectivity index (χ1n) is 10.3. The summed E-state index contributed by atoms with van der Waals surface area (Å²) in [5, 5.41) is 5.65. The fourth-order valence-corrected chi connectivity index (χ4v) is 5.00. The van der Waals surface area contributed by atoms with Crippen LogP contribution in [0, 0.1) is 0 Å². The maximum Gasteiger partial charge on any atom is 0.252 e. The number of pyridine rings is 1. The topological polar surface area (TPSA) is 42.0 Å². The number of rotatable bonds is 4. The molecule has 0 bridgehead atoms. The molecule has 2 aromatic carbocycles. The van der Waals surface area contributed by atoms with Crippen molar-refractivity contribution in [2.24, 2.45) is 0 Å². The molecule has 0 radical (unpaired) electrons. The number of carbonyl (C=O) groups is 1. The first-order chi connectivity index (χ1) is 14.2. The van der Waals surface area contributed by atoms with Gasteiger partial charge in [0.1, 0.15) is 5.03 Å². The summed E-state index contributed by atoms with van der Waals surface area (Å²) in [5.41, 5.74) is 1.51. The second-order valence-electron chi connectivity index (χ2n) is 7.57. The van der Waals surface area contributed by atoms with Crippen LogP contribution in [0.2, 0.25) is 5.02 Å². The van der Waals surface area contributed by atoms with Crippen molar-refractivity contribution < 1.29 is 4.79 Å². The molecular weight excluding hydrogens is 400 g/mol. The van der Waals surface area contributed by atoms with Gasteiger partial charge in [0.2, 0.25) is 0 Å². The Labute approximate surface area is 181 Å². The van der Waals surface area contributed by atoms with Gasteiger partial charge in [-0.1, -0.05) is 85.8 Å². The molecule has 1 aliphatic carbocycles. The molecule has 1 fully saturated rings. The maximum absolute atomic E-state index is 13.2. The Morgan fingerprint density at radius 2 is 1.66 bits per heavy atom. The first kappa shape index (κ1) is 20.2. The molecule has 1 amide bonds. The average molecular weight is 425 g/mol. The van der Waals surface area contributed by atoms with E-state index >= 15 is 0 Å². The third-order valence-electron chi connectivity index (χ3n) is 5.43. The largest absolute Gasteiger partial charge is 0.349 e. The Morgan fingerprint density at radius 3 is 2.45 bits per heavy atom. The number of nitrogens with zero attached hydrogens (tertiary/aromatic N) is 1. The number of benzene rings is 2. The van der Waals surface area contributed by atoms with Crippen LogP contribution < -0.4 is 5.32 Å². The molecule has 1 aliphatic rings. The van der Waals surface area contributed by atoms with Gasteiger partial charge in [-0.05, 0) is 37.1 Å². The van der Waals surface area contributed by atoms with Crippen molar-refractivity contribution >= 4 is 40.2 Å². The number of aromatic nitrogens is 1. The number of hydrogen-bond acceptors (Lipinski definition) is 3. The van der Waals surface area contributed by atoms with E-state index in [9.17, 15) is 4.79 Å². The van der Waals surface area contributed by atoms with Crippen LogP contribution in [0.1, 0.15) is 55.3 Å². The third-order valence-corrected chi connectivity index (χ3v) is 6.86. The van der Waals surface area contributed by atoms with E-state index in [1.165, 1.54) is 43.9 Å². The van der Waals surface area contributed by atoms with Crippen LogP contribution in [0.25, 0.3) is 10.9 Å². The van der Waals surface area contributed by atoms with Gasteiger partial charge in [0.25, 0.3) is 5.91 Å². The minimum Gasteiger partial charge on any atom is -0.349 e. The molecule has 5 heteroatoms. The van der Waals surface area contributed by atoms with E-state index in [-0.39, 0.29) is 11.9 Å². The van der Waals surface area contributed by atoms with E-state index in [1.807, 2.05) is 54.6 Å². The number of carbonyl (C=O) groups excluding carboxylic acids is 1. The standard InChI is InChI=1S/C24H25ClN2OS/c25-20-13-7-9-15-22(20)29-23-16-19(18-12-6-8-14-21(18)27-23)24(28)26-17-10-4-2-1-3-5-11-17/h6-9,12-17H,1-5,10-11H2,(H,26,28). The highest BCUT2D eigenvalue weighted by Gasteiger charge is 2.18. The van der Waals surface area contributed by atoms with Gasteiger partial charge in [0.15, 0.2) is 0 Å². The van der Waals surface area contributed by atoms with Gasteiger partial charge in [-0.2, -0.15) is 0 Å². The Morgan fingerprint density at radius 1 is 0.966 bits per heavy atom. The van der Waals surface area contributed by atoms with Crippen LogP contribution in [0.3, 0.4) is 0 Å².